The van der Waals surface area contributed by atoms with Crippen molar-refractivity contribution >= 4 is 11.9 Å². The molecule has 2 aliphatic heterocycles. The zero-order valence-electron chi connectivity index (χ0n) is 17.1. The third kappa shape index (κ3) is 4.85. The van der Waals surface area contributed by atoms with Crippen molar-refractivity contribution in [3.8, 4) is 5.75 Å². The van der Waals surface area contributed by atoms with Crippen LogP contribution in [0.4, 0.5) is 5.95 Å². The molecule has 2 aliphatic rings. The zero-order valence-corrected chi connectivity index (χ0v) is 17.1. The fraction of sp³-hybridized carbons (Fsp3) is 0.500. The second kappa shape index (κ2) is 8.78. The van der Waals surface area contributed by atoms with E-state index in [-0.39, 0.29) is 11.9 Å². The van der Waals surface area contributed by atoms with Gasteiger partial charge in [0.1, 0.15) is 5.75 Å². The summed E-state index contributed by atoms with van der Waals surface area (Å²) in [6.45, 7) is 6.79. The Bertz CT molecular complexity index is 848. The van der Waals surface area contributed by atoms with E-state index in [2.05, 4.69) is 15.2 Å². The first-order valence-electron chi connectivity index (χ1n) is 10.3. The molecule has 1 fully saturated rings. The first-order chi connectivity index (χ1) is 14.1. The van der Waals surface area contributed by atoms with E-state index in [1.165, 1.54) is 0 Å². The highest BCUT2D eigenvalue weighted by molar-refractivity contribution is 5.81. The predicted octanol–water partition coefficient (Wildman–Crippen LogP) is 2.41. The fourth-order valence-corrected chi connectivity index (χ4v) is 3.69. The van der Waals surface area contributed by atoms with Crippen LogP contribution in [-0.2, 0) is 22.6 Å². The summed E-state index contributed by atoms with van der Waals surface area (Å²) in [5, 5.41) is 3.12. The Morgan fingerprint density at radius 2 is 2.03 bits per heavy atom. The Balaban J connectivity index is 1.27. The van der Waals surface area contributed by atoms with E-state index in [1.54, 1.807) is 6.92 Å². The van der Waals surface area contributed by atoms with Crippen LogP contribution in [0, 0.1) is 6.92 Å². The van der Waals surface area contributed by atoms with Crippen molar-refractivity contribution in [3.05, 3.63) is 47.3 Å². The number of fused-ring (bicyclic) bond motifs is 1. The van der Waals surface area contributed by atoms with Gasteiger partial charge in [-0.25, -0.2) is 9.97 Å². The topological polar surface area (TPSA) is 76.6 Å². The fourth-order valence-electron chi connectivity index (χ4n) is 3.69. The second-order valence-electron chi connectivity index (χ2n) is 7.79. The van der Waals surface area contributed by atoms with E-state index in [4.69, 9.17) is 14.5 Å². The molecule has 1 atom stereocenters. The number of rotatable bonds is 5. The molecule has 1 saturated heterocycles. The Labute approximate surface area is 171 Å². The third-order valence-corrected chi connectivity index (χ3v) is 5.51. The van der Waals surface area contributed by atoms with Crippen LogP contribution in [0.15, 0.2) is 30.5 Å². The highest BCUT2D eigenvalue weighted by Crippen LogP contribution is 2.20. The lowest BCUT2D eigenvalue weighted by Crippen LogP contribution is -2.48. The quantitative estimate of drug-likeness (QED) is 0.836. The van der Waals surface area contributed by atoms with Crippen LogP contribution in [-0.4, -0.2) is 47.7 Å². The Kier molecular flexibility index (Phi) is 5.94. The lowest BCUT2D eigenvalue weighted by atomic mass is 10.0. The molecule has 0 saturated carbocycles. The Hall–Kier alpha value is -2.67. The molecule has 1 amide bonds. The van der Waals surface area contributed by atoms with Gasteiger partial charge in [0.25, 0.3) is 5.91 Å². The molecule has 29 heavy (non-hydrogen) atoms. The van der Waals surface area contributed by atoms with Crippen molar-refractivity contribution in [1.29, 1.82) is 0 Å². The minimum absolute atomic E-state index is 0.0749. The smallest absolute Gasteiger partial charge is 0.260 e. The first kappa shape index (κ1) is 19.6. The number of amides is 1. The number of nitrogens with zero attached hydrogens (tertiary/aromatic N) is 3. The van der Waals surface area contributed by atoms with E-state index in [0.717, 1.165) is 61.7 Å². The number of hydrogen-bond acceptors (Lipinski definition) is 6. The van der Waals surface area contributed by atoms with Crippen molar-refractivity contribution < 1.29 is 14.3 Å². The number of aryl methyl sites for hydroxylation is 1. The van der Waals surface area contributed by atoms with Gasteiger partial charge in [-0.05, 0) is 38.8 Å². The standard InChI is InChI=1S/C22H28N4O3/c1-15-3-5-19(6-4-15)29-16(2)21(27)24-18-7-10-26(11-8-18)22-23-13-17-14-28-12-9-20(17)25-22/h3-6,13,16,18H,7-12,14H2,1-2H3,(H,24,27)/t16-/m1/s1. The van der Waals surface area contributed by atoms with E-state index in [0.29, 0.717) is 12.4 Å². The van der Waals surface area contributed by atoms with Gasteiger partial charge < -0.3 is 19.7 Å². The SMILES string of the molecule is Cc1ccc(O[C@H](C)C(=O)NC2CCN(c3ncc4c(n3)CCOC4)CC2)cc1. The molecule has 1 aromatic heterocycles. The highest BCUT2D eigenvalue weighted by atomic mass is 16.5. The summed E-state index contributed by atoms with van der Waals surface area (Å²) in [7, 11) is 0. The van der Waals surface area contributed by atoms with Crippen molar-refractivity contribution in [1.82, 2.24) is 15.3 Å². The summed E-state index contributed by atoms with van der Waals surface area (Å²) in [5.41, 5.74) is 3.35. The first-order valence-corrected chi connectivity index (χ1v) is 10.3. The average Bonchev–Trinajstić information content (AvgIpc) is 2.75. The van der Waals surface area contributed by atoms with Gasteiger partial charge in [-0.15, -0.1) is 0 Å². The van der Waals surface area contributed by atoms with E-state index in [9.17, 15) is 4.79 Å². The summed E-state index contributed by atoms with van der Waals surface area (Å²) < 4.78 is 11.2. The molecule has 1 aromatic carbocycles. The van der Waals surface area contributed by atoms with Gasteiger partial charge in [-0.3, -0.25) is 4.79 Å². The molecule has 4 rings (SSSR count). The van der Waals surface area contributed by atoms with Gasteiger partial charge in [-0.1, -0.05) is 17.7 Å². The molecule has 0 unspecified atom stereocenters. The molecule has 7 nitrogen and oxygen atoms in total. The summed E-state index contributed by atoms with van der Waals surface area (Å²) in [6.07, 6.45) is 3.94. The summed E-state index contributed by atoms with van der Waals surface area (Å²) >= 11 is 0. The van der Waals surface area contributed by atoms with Gasteiger partial charge in [0.2, 0.25) is 5.95 Å². The summed E-state index contributed by atoms with van der Waals surface area (Å²) in [5.74, 6) is 1.42. The van der Waals surface area contributed by atoms with Crippen molar-refractivity contribution in [2.45, 2.75) is 51.9 Å². The van der Waals surface area contributed by atoms with Gasteiger partial charge >= 0.3 is 0 Å². The number of anilines is 1. The number of carbonyl (C=O) groups excluding carboxylic acids is 1. The zero-order chi connectivity index (χ0) is 20.2. The monoisotopic (exact) mass is 396 g/mol. The number of piperidine rings is 1. The number of carbonyl (C=O) groups is 1. The highest BCUT2D eigenvalue weighted by Gasteiger charge is 2.25. The van der Waals surface area contributed by atoms with Gasteiger partial charge in [-0.2, -0.15) is 0 Å². The second-order valence-corrected chi connectivity index (χ2v) is 7.79. The summed E-state index contributed by atoms with van der Waals surface area (Å²) in [6, 6.07) is 7.88. The Morgan fingerprint density at radius 3 is 2.79 bits per heavy atom. The maximum absolute atomic E-state index is 12.5. The Morgan fingerprint density at radius 1 is 1.28 bits per heavy atom. The maximum Gasteiger partial charge on any atom is 0.260 e. The van der Waals surface area contributed by atoms with Crippen LogP contribution in [0.2, 0.25) is 0 Å². The molecule has 154 valence electrons. The molecule has 0 radical (unpaired) electrons. The number of benzene rings is 1. The van der Waals surface area contributed by atoms with Crippen molar-refractivity contribution in [3.63, 3.8) is 0 Å². The molecule has 3 heterocycles. The normalized spacial score (nSPS) is 18.1. The summed E-state index contributed by atoms with van der Waals surface area (Å²) in [4.78, 5) is 23.9. The van der Waals surface area contributed by atoms with Crippen LogP contribution in [0.5, 0.6) is 5.75 Å². The van der Waals surface area contributed by atoms with Crippen LogP contribution < -0.4 is 15.0 Å². The molecule has 1 N–H and O–H groups in total. The van der Waals surface area contributed by atoms with Crippen molar-refractivity contribution in [2.75, 3.05) is 24.6 Å². The maximum atomic E-state index is 12.5. The lowest BCUT2D eigenvalue weighted by Gasteiger charge is -2.33. The van der Waals surface area contributed by atoms with Gasteiger partial charge in [0.05, 0.1) is 18.9 Å². The van der Waals surface area contributed by atoms with E-state index in [1.807, 2.05) is 37.4 Å². The van der Waals surface area contributed by atoms with Gasteiger partial charge in [0, 0.05) is 37.3 Å². The number of aromatic nitrogens is 2. The number of hydrogen-bond donors (Lipinski definition) is 1. The van der Waals surface area contributed by atoms with Crippen LogP contribution in [0.25, 0.3) is 0 Å². The van der Waals surface area contributed by atoms with Crippen molar-refractivity contribution in [2.24, 2.45) is 0 Å². The third-order valence-electron chi connectivity index (χ3n) is 5.51. The molecule has 2 aromatic rings. The minimum atomic E-state index is -0.526. The van der Waals surface area contributed by atoms with E-state index >= 15 is 0 Å². The molecular formula is C22H28N4O3. The van der Waals surface area contributed by atoms with Gasteiger partial charge in [0.15, 0.2) is 6.10 Å². The lowest BCUT2D eigenvalue weighted by molar-refractivity contribution is -0.128. The molecule has 7 heteroatoms. The average molecular weight is 396 g/mol. The van der Waals surface area contributed by atoms with Crippen LogP contribution in [0.3, 0.4) is 0 Å². The van der Waals surface area contributed by atoms with Crippen LogP contribution >= 0.6 is 0 Å². The minimum Gasteiger partial charge on any atom is -0.481 e. The molecule has 0 spiro atoms. The number of nitrogens with one attached hydrogen (secondary N) is 1. The predicted molar refractivity (Wildman–Crippen MR) is 110 cm³/mol. The molecular weight excluding hydrogens is 368 g/mol. The van der Waals surface area contributed by atoms with E-state index < -0.39 is 6.10 Å². The molecule has 0 bridgehead atoms. The number of ether oxygens (including phenoxy) is 2. The van der Waals surface area contributed by atoms with Crippen LogP contribution in [0.1, 0.15) is 36.6 Å². The largest absolute Gasteiger partial charge is 0.481 e. The molecule has 0 aliphatic carbocycles.